The number of nitrogens with zero attached hydrogens (tertiary/aromatic N) is 2. The molecule has 0 radical (unpaired) electrons. The van der Waals surface area contributed by atoms with Gasteiger partial charge in [0.25, 0.3) is 0 Å². The quantitative estimate of drug-likeness (QED) is 0.294. The number of aryl methyl sites for hydroxylation is 2. The highest BCUT2D eigenvalue weighted by atomic mass is 19.1. The van der Waals surface area contributed by atoms with Crippen LogP contribution >= 0.6 is 0 Å². The number of hydrogen-bond acceptors (Lipinski definition) is 1. The van der Waals surface area contributed by atoms with Crippen molar-refractivity contribution in [2.45, 2.75) is 64.1 Å². The van der Waals surface area contributed by atoms with Crippen LogP contribution in [-0.2, 0) is 25.9 Å². The Labute approximate surface area is 205 Å². The average molecular weight is 474 g/mol. The van der Waals surface area contributed by atoms with Gasteiger partial charge < -0.3 is 14.5 Å². The van der Waals surface area contributed by atoms with E-state index in [4.69, 9.17) is 0 Å². The Kier molecular flexibility index (Phi) is 5.97. The molecule has 3 heterocycles. The van der Waals surface area contributed by atoms with E-state index in [0.717, 1.165) is 47.6 Å². The third-order valence-corrected chi connectivity index (χ3v) is 8.16. The molecule has 2 fully saturated rings. The molecule has 3 nitrogen and oxygen atoms in total. The van der Waals surface area contributed by atoms with E-state index in [9.17, 15) is 8.78 Å². The lowest BCUT2D eigenvalue weighted by atomic mass is 9.95. The maximum atomic E-state index is 14.2. The number of allylic oxidation sites excluding steroid dienone is 1. The largest absolute Gasteiger partial charge is 0.345 e. The highest BCUT2D eigenvalue weighted by molar-refractivity contribution is 5.85. The molecule has 1 saturated heterocycles. The van der Waals surface area contributed by atoms with Gasteiger partial charge in [-0.1, -0.05) is 12.2 Å². The average Bonchev–Trinajstić information content (AvgIpc) is 3.62. The summed E-state index contributed by atoms with van der Waals surface area (Å²) in [5, 5.41) is 5.84. The first-order valence-electron chi connectivity index (χ1n) is 13.0. The summed E-state index contributed by atoms with van der Waals surface area (Å²) in [5.74, 6) is 0.0886. The number of fused-ring (bicyclic) bond motifs is 2. The monoisotopic (exact) mass is 473 g/mol. The fourth-order valence-electron chi connectivity index (χ4n) is 6.29. The Morgan fingerprint density at radius 2 is 1.46 bits per heavy atom. The summed E-state index contributed by atoms with van der Waals surface area (Å²) in [6.07, 6.45) is 12.2. The van der Waals surface area contributed by atoms with E-state index in [2.05, 4.69) is 33.4 Å². The van der Waals surface area contributed by atoms with Crippen LogP contribution in [0.25, 0.3) is 21.8 Å². The maximum absolute atomic E-state index is 14.2. The molecule has 0 unspecified atom stereocenters. The maximum Gasteiger partial charge on any atom is 0.125 e. The van der Waals surface area contributed by atoms with Crippen molar-refractivity contribution in [2.75, 3.05) is 6.54 Å². The third kappa shape index (κ3) is 4.42. The van der Waals surface area contributed by atoms with Crippen molar-refractivity contribution < 1.29 is 8.78 Å². The van der Waals surface area contributed by atoms with Gasteiger partial charge in [-0.3, -0.25) is 0 Å². The predicted octanol–water partition coefficient (Wildman–Crippen LogP) is 6.77. The molecule has 0 spiro atoms. The Bertz CT molecular complexity index is 1390. The van der Waals surface area contributed by atoms with Crippen molar-refractivity contribution in [2.24, 2.45) is 5.92 Å². The number of aromatic nitrogens is 2. The number of rotatable bonds is 7. The summed E-state index contributed by atoms with van der Waals surface area (Å²) in [7, 11) is 0. The zero-order valence-corrected chi connectivity index (χ0v) is 20.2. The molecule has 1 aliphatic carbocycles. The summed E-state index contributed by atoms with van der Waals surface area (Å²) >= 11 is 0. The van der Waals surface area contributed by atoms with E-state index in [1.807, 2.05) is 12.1 Å². The highest BCUT2D eigenvalue weighted by Crippen LogP contribution is 2.35. The first kappa shape index (κ1) is 22.5. The molecule has 0 amide bonds. The summed E-state index contributed by atoms with van der Waals surface area (Å²) in [6, 6.07) is 10.7. The van der Waals surface area contributed by atoms with Crippen molar-refractivity contribution in [1.82, 2.24) is 14.5 Å². The van der Waals surface area contributed by atoms with Gasteiger partial charge in [0.2, 0.25) is 0 Å². The lowest BCUT2D eigenvalue weighted by molar-refractivity contribution is 0.585. The van der Waals surface area contributed by atoms with E-state index in [-0.39, 0.29) is 11.6 Å². The summed E-state index contributed by atoms with van der Waals surface area (Å²) in [5.41, 5.74) is 5.75. The molecule has 35 heavy (non-hydrogen) atoms. The Morgan fingerprint density at radius 3 is 2.00 bits per heavy atom. The lowest BCUT2D eigenvalue weighted by Crippen LogP contribution is -2.23. The zero-order valence-electron chi connectivity index (χ0n) is 20.2. The number of halogens is 2. The molecule has 4 aromatic rings. The molecule has 6 rings (SSSR count). The van der Waals surface area contributed by atoms with E-state index < -0.39 is 0 Å². The van der Waals surface area contributed by atoms with Crippen LogP contribution in [-0.4, -0.2) is 21.7 Å². The topological polar surface area (TPSA) is 21.9 Å². The molecule has 1 aliphatic heterocycles. The van der Waals surface area contributed by atoms with E-state index in [1.54, 1.807) is 24.3 Å². The minimum atomic E-state index is -0.214. The van der Waals surface area contributed by atoms with E-state index >= 15 is 0 Å². The fourth-order valence-corrected chi connectivity index (χ4v) is 6.29. The minimum absolute atomic E-state index is 0.213. The molecule has 1 saturated carbocycles. The summed E-state index contributed by atoms with van der Waals surface area (Å²) in [6.45, 7) is 6.76. The number of hydrogen-bond donors (Lipinski definition) is 1. The molecule has 2 atom stereocenters. The minimum Gasteiger partial charge on any atom is -0.345 e. The Balaban J connectivity index is 1.30. The zero-order chi connectivity index (χ0) is 23.9. The van der Waals surface area contributed by atoms with Gasteiger partial charge in [0.15, 0.2) is 0 Å². The molecule has 1 N–H and O–H groups in total. The molecule has 2 aromatic heterocycles. The van der Waals surface area contributed by atoms with Crippen LogP contribution in [0.2, 0.25) is 0 Å². The molecule has 2 aromatic carbocycles. The van der Waals surface area contributed by atoms with Gasteiger partial charge in [-0.05, 0) is 105 Å². The summed E-state index contributed by atoms with van der Waals surface area (Å²) < 4.78 is 32.8. The second-order valence-electron chi connectivity index (χ2n) is 10.5. The SMILES string of the molecule is C=C1CCC[C@H]1Cc1cn(CCn2cc(C[C@@H]3CCCN3)c3ccc(F)cc32)c2cc(F)ccc12. The van der Waals surface area contributed by atoms with Crippen LogP contribution < -0.4 is 5.32 Å². The van der Waals surface area contributed by atoms with Gasteiger partial charge in [0, 0.05) is 42.3 Å². The van der Waals surface area contributed by atoms with Crippen molar-refractivity contribution in [3.8, 4) is 0 Å². The van der Waals surface area contributed by atoms with Gasteiger partial charge >= 0.3 is 0 Å². The Morgan fingerprint density at radius 1 is 0.829 bits per heavy atom. The van der Waals surface area contributed by atoms with Crippen molar-refractivity contribution in [3.05, 3.63) is 83.7 Å². The normalized spacial score (nSPS) is 20.6. The smallest absolute Gasteiger partial charge is 0.125 e. The highest BCUT2D eigenvalue weighted by Gasteiger charge is 2.22. The van der Waals surface area contributed by atoms with Crippen LogP contribution in [0.4, 0.5) is 8.78 Å². The molecule has 182 valence electrons. The Hall–Kier alpha value is -2.92. The van der Waals surface area contributed by atoms with Crippen molar-refractivity contribution >= 4 is 21.8 Å². The van der Waals surface area contributed by atoms with Gasteiger partial charge in [-0.15, -0.1) is 0 Å². The van der Waals surface area contributed by atoms with Crippen LogP contribution in [0.3, 0.4) is 0 Å². The van der Waals surface area contributed by atoms with Gasteiger partial charge in [-0.25, -0.2) is 8.78 Å². The number of benzene rings is 2. The predicted molar refractivity (Wildman–Crippen MR) is 139 cm³/mol. The van der Waals surface area contributed by atoms with E-state index in [0.29, 0.717) is 25.0 Å². The van der Waals surface area contributed by atoms with Crippen LogP contribution in [0.5, 0.6) is 0 Å². The summed E-state index contributed by atoms with van der Waals surface area (Å²) in [4.78, 5) is 0. The fraction of sp³-hybridized carbons (Fsp3) is 0.400. The van der Waals surface area contributed by atoms with Crippen LogP contribution in [0, 0.1) is 17.6 Å². The molecule has 0 bridgehead atoms. The second-order valence-corrected chi connectivity index (χ2v) is 10.5. The first-order chi connectivity index (χ1) is 17.0. The molecular formula is C30H33F2N3. The second kappa shape index (κ2) is 9.27. The standard InChI is InChI=1S/C30H33F2N3/c1-20-4-2-5-21(20)14-22-18-34(29-16-24(31)7-9-27(22)29)12-13-35-19-23(15-26-6-3-11-33-26)28-10-8-25(32)17-30(28)35/h7-10,16-19,21,26,33H,1-6,11-15H2/t21-,26-/m0/s1. The first-order valence-corrected chi connectivity index (χ1v) is 13.0. The van der Waals surface area contributed by atoms with Gasteiger partial charge in [0.05, 0.1) is 11.0 Å². The van der Waals surface area contributed by atoms with Gasteiger partial charge in [-0.2, -0.15) is 0 Å². The lowest BCUT2D eigenvalue weighted by Gasteiger charge is -2.10. The third-order valence-electron chi connectivity index (χ3n) is 8.16. The van der Waals surface area contributed by atoms with Crippen molar-refractivity contribution in [3.63, 3.8) is 0 Å². The number of nitrogens with one attached hydrogen (secondary N) is 1. The molecule has 2 aliphatic rings. The molecule has 5 heteroatoms. The van der Waals surface area contributed by atoms with Crippen LogP contribution in [0.1, 0.15) is 43.2 Å². The molecular weight excluding hydrogens is 440 g/mol. The van der Waals surface area contributed by atoms with Gasteiger partial charge in [0.1, 0.15) is 11.6 Å². The van der Waals surface area contributed by atoms with Crippen LogP contribution in [0.15, 0.2) is 60.9 Å². The van der Waals surface area contributed by atoms with E-state index in [1.165, 1.54) is 42.4 Å². The van der Waals surface area contributed by atoms with Crippen molar-refractivity contribution in [1.29, 1.82) is 0 Å².